The van der Waals surface area contributed by atoms with Gasteiger partial charge in [-0.05, 0) is 12.1 Å². The van der Waals surface area contributed by atoms with E-state index in [1.54, 1.807) is 26.2 Å². The lowest BCUT2D eigenvalue weighted by atomic mass is 10.3. The van der Waals surface area contributed by atoms with Gasteiger partial charge < -0.3 is 10.2 Å². The van der Waals surface area contributed by atoms with E-state index in [2.05, 4.69) is 21.4 Å². The molecule has 1 rings (SSSR count). The zero-order valence-electron chi connectivity index (χ0n) is 9.40. The van der Waals surface area contributed by atoms with Crippen LogP contribution in [-0.2, 0) is 0 Å². The molecular weight excluding hydrogens is 204 g/mol. The molecule has 1 amide bonds. The molecule has 5 heteroatoms. The van der Waals surface area contributed by atoms with Gasteiger partial charge in [0.25, 0.3) is 5.91 Å². The first kappa shape index (κ1) is 12.0. The number of carbonyl (C=O) groups is 1. The summed E-state index contributed by atoms with van der Waals surface area (Å²) in [5.41, 5.74) is 0.326. The quantitative estimate of drug-likeness (QED) is 0.594. The number of rotatable bonds is 4. The van der Waals surface area contributed by atoms with E-state index in [4.69, 9.17) is 6.42 Å². The second kappa shape index (κ2) is 5.71. The van der Waals surface area contributed by atoms with Crippen molar-refractivity contribution in [3.63, 3.8) is 0 Å². The summed E-state index contributed by atoms with van der Waals surface area (Å²) in [7, 11) is 3.34. The molecule has 0 spiro atoms. The van der Waals surface area contributed by atoms with Crippen molar-refractivity contribution in [3.05, 3.63) is 17.8 Å². The zero-order valence-corrected chi connectivity index (χ0v) is 9.40. The number of anilines is 1. The maximum Gasteiger partial charge on any atom is 0.273 e. The fourth-order valence-corrected chi connectivity index (χ4v) is 1.03. The maximum atomic E-state index is 11.5. The van der Waals surface area contributed by atoms with Crippen LogP contribution in [-0.4, -0.2) is 41.6 Å². The molecule has 84 valence electrons. The Labute approximate surface area is 94.9 Å². The molecule has 0 aromatic carbocycles. The van der Waals surface area contributed by atoms with Crippen molar-refractivity contribution in [2.45, 2.75) is 6.42 Å². The number of carbonyl (C=O) groups excluding carboxylic acids is 1. The van der Waals surface area contributed by atoms with Crippen molar-refractivity contribution < 1.29 is 4.79 Å². The molecule has 0 radical (unpaired) electrons. The Balaban J connectivity index is 2.61. The normalized spacial score (nSPS) is 9.31. The van der Waals surface area contributed by atoms with E-state index in [9.17, 15) is 4.79 Å². The van der Waals surface area contributed by atoms with Gasteiger partial charge in [0.2, 0.25) is 0 Å². The standard InChI is InChI=1S/C11H14N4O/c1-4-5-8-12-10-7-6-9(13-14-10)11(16)15(2)3/h1,6-7H,5,8H2,2-3H3,(H,12,14). The van der Waals surface area contributed by atoms with Crippen molar-refractivity contribution in [3.8, 4) is 12.3 Å². The van der Waals surface area contributed by atoms with Gasteiger partial charge in [0.05, 0.1) is 0 Å². The van der Waals surface area contributed by atoms with E-state index in [0.29, 0.717) is 24.5 Å². The summed E-state index contributed by atoms with van der Waals surface area (Å²) in [5.74, 6) is 2.96. The highest BCUT2D eigenvalue weighted by Crippen LogP contribution is 2.03. The fourth-order valence-electron chi connectivity index (χ4n) is 1.03. The van der Waals surface area contributed by atoms with Crippen molar-refractivity contribution >= 4 is 11.7 Å². The molecule has 0 saturated heterocycles. The molecular formula is C11H14N4O. The number of nitrogens with one attached hydrogen (secondary N) is 1. The molecule has 0 aliphatic carbocycles. The summed E-state index contributed by atoms with van der Waals surface area (Å²) in [4.78, 5) is 12.9. The minimum Gasteiger partial charge on any atom is -0.368 e. The Hall–Kier alpha value is -2.09. The first-order chi connectivity index (χ1) is 7.65. The van der Waals surface area contributed by atoms with Gasteiger partial charge in [0, 0.05) is 27.1 Å². The SMILES string of the molecule is C#CCCNc1ccc(C(=O)N(C)C)nn1. The number of nitrogens with zero attached hydrogens (tertiary/aromatic N) is 3. The van der Waals surface area contributed by atoms with E-state index in [1.165, 1.54) is 4.90 Å². The summed E-state index contributed by atoms with van der Waals surface area (Å²) in [5, 5.41) is 10.7. The molecule has 1 aromatic rings. The number of terminal acetylenes is 1. The highest BCUT2D eigenvalue weighted by molar-refractivity contribution is 5.91. The summed E-state index contributed by atoms with van der Waals surface area (Å²) in [6.07, 6.45) is 5.74. The predicted molar refractivity (Wildman–Crippen MR) is 62.0 cm³/mol. The topological polar surface area (TPSA) is 58.1 Å². The summed E-state index contributed by atoms with van der Waals surface area (Å²) in [6, 6.07) is 3.34. The predicted octanol–water partition coefficient (Wildman–Crippen LogP) is 0.614. The molecule has 0 atom stereocenters. The molecule has 5 nitrogen and oxygen atoms in total. The van der Waals surface area contributed by atoms with Crippen LogP contribution in [0.5, 0.6) is 0 Å². The van der Waals surface area contributed by atoms with E-state index >= 15 is 0 Å². The van der Waals surface area contributed by atoms with Crippen LogP contribution >= 0.6 is 0 Å². The zero-order chi connectivity index (χ0) is 12.0. The number of hydrogen-bond acceptors (Lipinski definition) is 4. The van der Waals surface area contributed by atoms with E-state index in [1.807, 2.05) is 0 Å². The molecule has 1 aromatic heterocycles. The maximum absolute atomic E-state index is 11.5. The van der Waals surface area contributed by atoms with Crippen LogP contribution in [0.3, 0.4) is 0 Å². The molecule has 0 bridgehead atoms. The van der Waals surface area contributed by atoms with Gasteiger partial charge >= 0.3 is 0 Å². The first-order valence-electron chi connectivity index (χ1n) is 4.88. The van der Waals surface area contributed by atoms with Crippen LogP contribution in [0, 0.1) is 12.3 Å². The number of aromatic nitrogens is 2. The first-order valence-corrected chi connectivity index (χ1v) is 4.88. The lowest BCUT2D eigenvalue weighted by molar-refractivity contribution is 0.0821. The Kier molecular flexibility index (Phi) is 4.28. The van der Waals surface area contributed by atoms with Crippen LogP contribution in [0.4, 0.5) is 5.82 Å². The number of amides is 1. The van der Waals surface area contributed by atoms with Gasteiger partial charge in [-0.3, -0.25) is 4.79 Å². The highest BCUT2D eigenvalue weighted by Gasteiger charge is 2.09. The minimum atomic E-state index is -0.164. The lowest BCUT2D eigenvalue weighted by Crippen LogP contribution is -2.23. The third-order valence-corrected chi connectivity index (χ3v) is 1.87. The Bertz CT molecular complexity index is 391. The van der Waals surface area contributed by atoms with Gasteiger partial charge in [-0.15, -0.1) is 22.5 Å². The van der Waals surface area contributed by atoms with Gasteiger partial charge in [-0.2, -0.15) is 0 Å². The Morgan fingerprint density at radius 1 is 1.50 bits per heavy atom. The van der Waals surface area contributed by atoms with Crippen molar-refractivity contribution in [2.75, 3.05) is 26.0 Å². The third-order valence-electron chi connectivity index (χ3n) is 1.87. The second-order valence-corrected chi connectivity index (χ2v) is 3.38. The van der Waals surface area contributed by atoms with E-state index in [-0.39, 0.29) is 5.91 Å². The Morgan fingerprint density at radius 3 is 2.75 bits per heavy atom. The van der Waals surface area contributed by atoms with E-state index < -0.39 is 0 Å². The third kappa shape index (κ3) is 3.24. The van der Waals surface area contributed by atoms with Gasteiger partial charge in [0.15, 0.2) is 5.69 Å². The fraction of sp³-hybridized carbons (Fsp3) is 0.364. The summed E-state index contributed by atoms with van der Waals surface area (Å²) in [6.45, 7) is 0.645. The highest BCUT2D eigenvalue weighted by atomic mass is 16.2. The molecule has 16 heavy (non-hydrogen) atoms. The van der Waals surface area contributed by atoms with E-state index in [0.717, 1.165) is 0 Å². The van der Waals surface area contributed by atoms with Crippen molar-refractivity contribution in [1.82, 2.24) is 15.1 Å². The molecule has 0 fully saturated rings. The van der Waals surface area contributed by atoms with Gasteiger partial charge in [-0.25, -0.2) is 0 Å². The van der Waals surface area contributed by atoms with Gasteiger partial charge in [0.1, 0.15) is 5.82 Å². The van der Waals surface area contributed by atoms with Crippen molar-refractivity contribution in [1.29, 1.82) is 0 Å². The average Bonchev–Trinajstić information content (AvgIpc) is 2.29. The van der Waals surface area contributed by atoms with Crippen LogP contribution in [0.25, 0.3) is 0 Å². The average molecular weight is 218 g/mol. The van der Waals surface area contributed by atoms with Crippen LogP contribution < -0.4 is 5.32 Å². The Morgan fingerprint density at radius 2 is 2.25 bits per heavy atom. The minimum absolute atomic E-state index is 0.164. The largest absolute Gasteiger partial charge is 0.368 e. The lowest BCUT2D eigenvalue weighted by Gasteiger charge is -2.09. The molecule has 0 saturated carbocycles. The molecule has 0 unspecified atom stereocenters. The molecule has 1 heterocycles. The molecule has 0 aliphatic rings. The van der Waals surface area contributed by atoms with Crippen LogP contribution in [0.15, 0.2) is 12.1 Å². The van der Waals surface area contributed by atoms with Crippen LogP contribution in [0.1, 0.15) is 16.9 Å². The smallest absolute Gasteiger partial charge is 0.273 e. The second-order valence-electron chi connectivity index (χ2n) is 3.38. The monoisotopic (exact) mass is 218 g/mol. The number of hydrogen-bond donors (Lipinski definition) is 1. The molecule has 0 aliphatic heterocycles. The van der Waals surface area contributed by atoms with Crippen molar-refractivity contribution in [2.24, 2.45) is 0 Å². The van der Waals surface area contributed by atoms with Gasteiger partial charge in [-0.1, -0.05) is 0 Å². The summed E-state index contributed by atoms with van der Waals surface area (Å²) < 4.78 is 0. The van der Waals surface area contributed by atoms with Crippen LogP contribution in [0.2, 0.25) is 0 Å². The summed E-state index contributed by atoms with van der Waals surface area (Å²) >= 11 is 0. The molecule has 1 N–H and O–H groups in total.